The fourth-order valence-electron chi connectivity index (χ4n) is 3.06. The standard InChI is InChI=1S/C16H12BrN9O/c17-10-6-19-13-5-12(23-26(13)7-10)16(27)24-3-4-25-14(8-24)21-22-15(25)11-1-2-18-9-20-11/h1-2,5-7,9H,3-4,8H2. The van der Waals surface area contributed by atoms with Gasteiger partial charge in [-0.1, -0.05) is 0 Å². The number of nitrogens with zero attached hydrogens (tertiary/aromatic N) is 9. The van der Waals surface area contributed by atoms with Gasteiger partial charge < -0.3 is 9.47 Å². The van der Waals surface area contributed by atoms with E-state index in [0.717, 1.165) is 4.47 Å². The fraction of sp³-hybridized carbons (Fsp3) is 0.188. The summed E-state index contributed by atoms with van der Waals surface area (Å²) in [4.78, 5) is 27.0. The highest BCUT2D eigenvalue weighted by molar-refractivity contribution is 9.10. The van der Waals surface area contributed by atoms with Gasteiger partial charge >= 0.3 is 0 Å². The summed E-state index contributed by atoms with van der Waals surface area (Å²) >= 11 is 3.35. The van der Waals surface area contributed by atoms with Crippen LogP contribution < -0.4 is 0 Å². The van der Waals surface area contributed by atoms with Crippen LogP contribution in [0.3, 0.4) is 0 Å². The minimum Gasteiger partial charge on any atom is -0.328 e. The molecule has 0 N–H and O–H groups in total. The third-order valence-corrected chi connectivity index (χ3v) is 4.76. The predicted molar refractivity (Wildman–Crippen MR) is 96.5 cm³/mol. The highest BCUT2D eigenvalue weighted by Crippen LogP contribution is 2.21. The molecule has 0 atom stereocenters. The Balaban J connectivity index is 1.42. The Bertz CT molecular complexity index is 1150. The number of fused-ring (bicyclic) bond motifs is 2. The second-order valence-electron chi connectivity index (χ2n) is 6.02. The number of carbonyl (C=O) groups excluding carboxylic acids is 1. The molecule has 0 aromatic carbocycles. The Kier molecular flexibility index (Phi) is 3.67. The largest absolute Gasteiger partial charge is 0.328 e. The normalized spacial score (nSPS) is 13.7. The van der Waals surface area contributed by atoms with Crippen molar-refractivity contribution in [2.24, 2.45) is 0 Å². The Hall–Kier alpha value is -3.21. The van der Waals surface area contributed by atoms with Crippen LogP contribution in [0.5, 0.6) is 0 Å². The molecule has 0 spiro atoms. The molecule has 4 aromatic heterocycles. The zero-order chi connectivity index (χ0) is 18.4. The van der Waals surface area contributed by atoms with Crippen LogP contribution in [-0.4, -0.2) is 56.7 Å². The first-order chi connectivity index (χ1) is 13.2. The molecule has 0 unspecified atom stereocenters. The lowest BCUT2D eigenvalue weighted by atomic mass is 10.3. The quantitative estimate of drug-likeness (QED) is 0.474. The molecule has 10 nitrogen and oxygen atoms in total. The lowest BCUT2D eigenvalue weighted by Crippen LogP contribution is -2.38. The van der Waals surface area contributed by atoms with E-state index in [4.69, 9.17) is 0 Å². The molecule has 134 valence electrons. The molecule has 5 heterocycles. The zero-order valence-electron chi connectivity index (χ0n) is 13.9. The van der Waals surface area contributed by atoms with Crippen LogP contribution in [0.1, 0.15) is 16.3 Å². The lowest BCUT2D eigenvalue weighted by Gasteiger charge is -2.27. The predicted octanol–water partition coefficient (Wildman–Crippen LogP) is 1.20. The van der Waals surface area contributed by atoms with Crippen molar-refractivity contribution >= 4 is 27.5 Å². The van der Waals surface area contributed by atoms with Crippen molar-refractivity contribution in [3.05, 3.63) is 53.0 Å². The maximum absolute atomic E-state index is 12.9. The van der Waals surface area contributed by atoms with E-state index in [-0.39, 0.29) is 5.91 Å². The van der Waals surface area contributed by atoms with Crippen molar-refractivity contribution in [2.45, 2.75) is 13.1 Å². The zero-order valence-corrected chi connectivity index (χ0v) is 15.5. The second kappa shape index (κ2) is 6.20. The van der Waals surface area contributed by atoms with Gasteiger partial charge in [-0.25, -0.2) is 19.5 Å². The molecule has 27 heavy (non-hydrogen) atoms. The van der Waals surface area contributed by atoms with Gasteiger partial charge in [-0.05, 0) is 22.0 Å². The average Bonchev–Trinajstić information content (AvgIpc) is 3.31. The third-order valence-electron chi connectivity index (χ3n) is 4.35. The first kappa shape index (κ1) is 16.0. The number of aromatic nitrogens is 8. The van der Waals surface area contributed by atoms with Crippen molar-refractivity contribution in [3.8, 4) is 11.5 Å². The van der Waals surface area contributed by atoms with Gasteiger partial charge in [-0.15, -0.1) is 10.2 Å². The molecular weight excluding hydrogens is 414 g/mol. The number of hydrogen-bond donors (Lipinski definition) is 0. The highest BCUT2D eigenvalue weighted by atomic mass is 79.9. The smallest absolute Gasteiger partial charge is 0.274 e. The Morgan fingerprint density at radius 3 is 2.96 bits per heavy atom. The van der Waals surface area contributed by atoms with E-state index in [9.17, 15) is 4.79 Å². The number of amides is 1. The molecule has 0 saturated carbocycles. The van der Waals surface area contributed by atoms with Gasteiger partial charge in [0.25, 0.3) is 5.91 Å². The summed E-state index contributed by atoms with van der Waals surface area (Å²) in [6, 6.07) is 3.47. The molecule has 1 aliphatic heterocycles. The lowest BCUT2D eigenvalue weighted by molar-refractivity contribution is 0.0701. The van der Waals surface area contributed by atoms with Crippen molar-refractivity contribution in [1.82, 2.24) is 44.2 Å². The summed E-state index contributed by atoms with van der Waals surface area (Å²) in [6.07, 6.45) is 6.58. The van der Waals surface area contributed by atoms with Gasteiger partial charge in [0.05, 0.1) is 11.0 Å². The first-order valence-electron chi connectivity index (χ1n) is 8.18. The topological polar surface area (TPSA) is 107 Å². The molecule has 0 aliphatic carbocycles. The number of halogens is 1. The molecular formula is C16H12BrN9O. The minimum absolute atomic E-state index is 0.158. The monoisotopic (exact) mass is 425 g/mol. The summed E-state index contributed by atoms with van der Waals surface area (Å²) in [5, 5.41) is 12.8. The minimum atomic E-state index is -0.158. The van der Waals surface area contributed by atoms with Crippen LogP contribution in [0.15, 0.2) is 41.5 Å². The highest BCUT2D eigenvalue weighted by Gasteiger charge is 2.27. The van der Waals surface area contributed by atoms with Crippen molar-refractivity contribution < 1.29 is 4.79 Å². The van der Waals surface area contributed by atoms with Crippen LogP contribution in [0.4, 0.5) is 0 Å². The van der Waals surface area contributed by atoms with Gasteiger partial charge in [-0.3, -0.25) is 4.79 Å². The van der Waals surface area contributed by atoms with E-state index in [2.05, 4.69) is 46.2 Å². The van der Waals surface area contributed by atoms with Gasteiger partial charge in [-0.2, -0.15) is 5.10 Å². The molecule has 1 aliphatic rings. The molecule has 11 heteroatoms. The summed E-state index contributed by atoms with van der Waals surface area (Å²) in [5.74, 6) is 1.24. The number of carbonyl (C=O) groups is 1. The second-order valence-corrected chi connectivity index (χ2v) is 6.93. The maximum Gasteiger partial charge on any atom is 0.274 e. The summed E-state index contributed by atoms with van der Waals surface area (Å²) in [6.45, 7) is 1.49. The first-order valence-corrected chi connectivity index (χ1v) is 8.97. The summed E-state index contributed by atoms with van der Waals surface area (Å²) in [7, 11) is 0. The van der Waals surface area contributed by atoms with Crippen LogP contribution in [0.2, 0.25) is 0 Å². The van der Waals surface area contributed by atoms with E-state index < -0.39 is 0 Å². The van der Waals surface area contributed by atoms with Crippen molar-refractivity contribution in [1.29, 1.82) is 0 Å². The molecule has 0 radical (unpaired) electrons. The van der Waals surface area contributed by atoms with E-state index in [1.54, 1.807) is 40.1 Å². The van der Waals surface area contributed by atoms with Gasteiger partial charge in [0, 0.05) is 37.7 Å². The number of rotatable bonds is 2. The van der Waals surface area contributed by atoms with Gasteiger partial charge in [0.15, 0.2) is 23.0 Å². The van der Waals surface area contributed by atoms with E-state index in [0.29, 0.717) is 48.3 Å². The average molecular weight is 426 g/mol. The molecule has 0 saturated heterocycles. The van der Waals surface area contributed by atoms with E-state index >= 15 is 0 Å². The summed E-state index contributed by atoms with van der Waals surface area (Å²) < 4.78 is 4.35. The van der Waals surface area contributed by atoms with Crippen LogP contribution in [0, 0.1) is 0 Å². The SMILES string of the molecule is O=C(c1cc2ncc(Br)cn2n1)N1CCn2c(nnc2-c2ccncn2)C1. The Labute approximate surface area is 161 Å². The molecule has 0 bridgehead atoms. The molecule has 4 aromatic rings. The van der Waals surface area contributed by atoms with Crippen molar-refractivity contribution in [3.63, 3.8) is 0 Å². The Morgan fingerprint density at radius 1 is 1.19 bits per heavy atom. The Morgan fingerprint density at radius 2 is 2.11 bits per heavy atom. The van der Waals surface area contributed by atoms with E-state index in [1.807, 2.05) is 4.57 Å². The van der Waals surface area contributed by atoms with Crippen LogP contribution >= 0.6 is 15.9 Å². The number of hydrogen-bond acceptors (Lipinski definition) is 7. The molecule has 5 rings (SSSR count). The molecule has 1 amide bonds. The summed E-state index contributed by atoms with van der Waals surface area (Å²) in [5.41, 5.74) is 1.68. The third kappa shape index (κ3) is 2.76. The van der Waals surface area contributed by atoms with Crippen LogP contribution in [0.25, 0.3) is 17.2 Å². The van der Waals surface area contributed by atoms with Crippen LogP contribution in [-0.2, 0) is 13.1 Å². The van der Waals surface area contributed by atoms with Crippen molar-refractivity contribution in [2.75, 3.05) is 6.54 Å². The fourth-order valence-corrected chi connectivity index (χ4v) is 3.36. The van der Waals surface area contributed by atoms with Gasteiger partial charge in [0.1, 0.15) is 12.0 Å². The maximum atomic E-state index is 12.9. The van der Waals surface area contributed by atoms with E-state index in [1.165, 1.54) is 6.33 Å². The van der Waals surface area contributed by atoms with Gasteiger partial charge in [0.2, 0.25) is 0 Å². The molecule has 0 fully saturated rings.